The minimum Gasteiger partial charge on any atom is -0.316 e. The zero-order valence-corrected chi connectivity index (χ0v) is 11.6. The molecule has 1 aromatic rings. The van der Waals surface area contributed by atoms with Crippen LogP contribution in [0.5, 0.6) is 0 Å². The van der Waals surface area contributed by atoms with Gasteiger partial charge in [0.15, 0.2) is 0 Å². The average molecular weight is 257 g/mol. The standard InChI is InChI=1S/C13H20FNOS/c1-13(2,3)12(15-4)9-17(16)11-8-6-5-7-10(11)14/h5-8,12,15H,9H2,1-4H3. The largest absolute Gasteiger partial charge is 0.316 e. The lowest BCUT2D eigenvalue weighted by Gasteiger charge is -2.30. The molecule has 0 aliphatic heterocycles. The summed E-state index contributed by atoms with van der Waals surface area (Å²) < 4.78 is 25.6. The summed E-state index contributed by atoms with van der Waals surface area (Å²) in [7, 11) is 0.533. The highest BCUT2D eigenvalue weighted by molar-refractivity contribution is 7.85. The van der Waals surface area contributed by atoms with Crippen molar-refractivity contribution < 1.29 is 8.60 Å². The smallest absolute Gasteiger partial charge is 0.139 e. The van der Waals surface area contributed by atoms with E-state index in [0.29, 0.717) is 5.75 Å². The highest BCUT2D eigenvalue weighted by Gasteiger charge is 2.26. The first-order chi connectivity index (χ1) is 7.86. The average Bonchev–Trinajstić information content (AvgIpc) is 2.24. The summed E-state index contributed by atoms with van der Waals surface area (Å²) in [5, 5.41) is 3.15. The van der Waals surface area contributed by atoms with E-state index in [-0.39, 0.29) is 16.4 Å². The molecular weight excluding hydrogens is 237 g/mol. The molecule has 0 amide bonds. The van der Waals surface area contributed by atoms with Crippen LogP contribution in [-0.2, 0) is 10.8 Å². The molecule has 0 aliphatic carbocycles. The Hall–Kier alpha value is -0.740. The summed E-state index contributed by atoms with van der Waals surface area (Å²) in [6.45, 7) is 6.23. The van der Waals surface area contributed by atoms with Crippen molar-refractivity contribution in [3.8, 4) is 0 Å². The molecule has 4 heteroatoms. The van der Waals surface area contributed by atoms with E-state index >= 15 is 0 Å². The van der Waals surface area contributed by atoms with Crippen LogP contribution in [0.25, 0.3) is 0 Å². The fourth-order valence-corrected chi connectivity index (χ4v) is 3.30. The van der Waals surface area contributed by atoms with Gasteiger partial charge in [-0.25, -0.2) is 4.39 Å². The summed E-state index contributed by atoms with van der Waals surface area (Å²) in [5.74, 6) is 0.0237. The van der Waals surface area contributed by atoms with Crippen molar-refractivity contribution >= 4 is 10.8 Å². The predicted molar refractivity (Wildman–Crippen MR) is 70.0 cm³/mol. The van der Waals surface area contributed by atoms with E-state index in [4.69, 9.17) is 0 Å². The van der Waals surface area contributed by atoms with E-state index in [9.17, 15) is 8.60 Å². The third-order valence-corrected chi connectivity index (χ3v) is 4.25. The monoisotopic (exact) mass is 257 g/mol. The van der Waals surface area contributed by atoms with Crippen LogP contribution in [0.15, 0.2) is 29.2 Å². The molecule has 96 valence electrons. The van der Waals surface area contributed by atoms with Crippen LogP contribution < -0.4 is 5.32 Å². The fourth-order valence-electron chi connectivity index (χ4n) is 1.64. The quantitative estimate of drug-likeness (QED) is 0.898. The number of rotatable bonds is 4. The maximum Gasteiger partial charge on any atom is 0.139 e. The summed E-state index contributed by atoms with van der Waals surface area (Å²) in [6.07, 6.45) is 0. The lowest BCUT2D eigenvalue weighted by molar-refractivity contribution is 0.304. The fraction of sp³-hybridized carbons (Fsp3) is 0.538. The van der Waals surface area contributed by atoms with Crippen LogP contribution in [0.3, 0.4) is 0 Å². The molecule has 0 heterocycles. The van der Waals surface area contributed by atoms with Crippen LogP contribution in [0, 0.1) is 11.2 Å². The number of hydrogen-bond donors (Lipinski definition) is 1. The zero-order chi connectivity index (χ0) is 13.1. The Balaban J connectivity index is 2.83. The summed E-state index contributed by atoms with van der Waals surface area (Å²) in [4.78, 5) is 0.289. The molecule has 0 spiro atoms. The second-order valence-electron chi connectivity index (χ2n) is 5.15. The van der Waals surface area contributed by atoms with Crippen molar-refractivity contribution in [1.82, 2.24) is 5.32 Å². The minimum atomic E-state index is -1.31. The zero-order valence-electron chi connectivity index (χ0n) is 10.8. The van der Waals surface area contributed by atoms with Crippen LogP contribution in [0.2, 0.25) is 0 Å². The topological polar surface area (TPSA) is 29.1 Å². The first-order valence-corrected chi connectivity index (χ1v) is 6.98. The highest BCUT2D eigenvalue weighted by atomic mass is 32.2. The van der Waals surface area contributed by atoms with Crippen molar-refractivity contribution in [1.29, 1.82) is 0 Å². The molecule has 1 N–H and O–H groups in total. The Morgan fingerprint density at radius 1 is 1.35 bits per heavy atom. The Morgan fingerprint density at radius 2 is 1.94 bits per heavy atom. The van der Waals surface area contributed by atoms with Gasteiger partial charge in [-0.15, -0.1) is 0 Å². The normalized spacial score (nSPS) is 15.6. The molecule has 2 unspecified atom stereocenters. The number of halogens is 1. The molecule has 0 aromatic heterocycles. The molecule has 0 fully saturated rings. The van der Waals surface area contributed by atoms with Crippen molar-refractivity contribution in [3.63, 3.8) is 0 Å². The van der Waals surface area contributed by atoms with E-state index in [1.165, 1.54) is 6.07 Å². The van der Waals surface area contributed by atoms with Gasteiger partial charge in [0.25, 0.3) is 0 Å². The van der Waals surface area contributed by atoms with Gasteiger partial charge in [0.05, 0.1) is 15.7 Å². The summed E-state index contributed by atoms with van der Waals surface area (Å²) in [6, 6.07) is 6.33. The second-order valence-corrected chi connectivity index (χ2v) is 6.61. The molecule has 1 rings (SSSR count). The minimum absolute atomic E-state index is 0.00430. The van der Waals surface area contributed by atoms with Gasteiger partial charge in [-0.2, -0.15) is 0 Å². The third-order valence-electron chi connectivity index (χ3n) is 2.79. The van der Waals surface area contributed by atoms with Crippen molar-refractivity contribution in [3.05, 3.63) is 30.1 Å². The van der Waals surface area contributed by atoms with E-state index in [1.807, 2.05) is 7.05 Å². The first-order valence-electron chi connectivity index (χ1n) is 5.66. The van der Waals surface area contributed by atoms with Crippen molar-refractivity contribution in [2.45, 2.75) is 31.7 Å². The summed E-state index contributed by atoms with van der Waals surface area (Å²) in [5.41, 5.74) is -0.00430. The van der Waals surface area contributed by atoms with Crippen LogP contribution in [0.1, 0.15) is 20.8 Å². The van der Waals surface area contributed by atoms with Gasteiger partial charge in [0.1, 0.15) is 5.82 Å². The molecular formula is C13H20FNOS. The molecule has 1 aromatic carbocycles. The van der Waals surface area contributed by atoms with Gasteiger partial charge in [0.2, 0.25) is 0 Å². The van der Waals surface area contributed by atoms with Gasteiger partial charge >= 0.3 is 0 Å². The first kappa shape index (κ1) is 14.3. The molecule has 2 nitrogen and oxygen atoms in total. The molecule has 0 saturated heterocycles. The maximum atomic E-state index is 13.5. The van der Waals surface area contributed by atoms with Crippen molar-refractivity contribution in [2.75, 3.05) is 12.8 Å². The lowest BCUT2D eigenvalue weighted by atomic mass is 9.88. The SMILES string of the molecule is CNC(CS(=O)c1ccccc1F)C(C)(C)C. The van der Waals surface area contributed by atoms with E-state index in [1.54, 1.807) is 18.2 Å². The van der Waals surface area contributed by atoms with Gasteiger partial charge in [-0.05, 0) is 24.6 Å². The predicted octanol–water partition coefficient (Wildman–Crippen LogP) is 2.57. The van der Waals surface area contributed by atoms with Crippen molar-refractivity contribution in [2.24, 2.45) is 5.41 Å². The second kappa shape index (κ2) is 5.74. The Morgan fingerprint density at radius 3 is 2.41 bits per heavy atom. The number of benzene rings is 1. The van der Waals surface area contributed by atoms with Crippen LogP contribution >= 0.6 is 0 Å². The summed E-state index contributed by atoms with van der Waals surface area (Å²) >= 11 is 0. The Bertz CT molecular complexity index is 401. The third kappa shape index (κ3) is 3.89. The molecule has 0 saturated carbocycles. The molecule has 2 atom stereocenters. The molecule has 0 aliphatic rings. The van der Waals surface area contributed by atoms with Crippen LogP contribution in [0.4, 0.5) is 4.39 Å². The van der Waals surface area contributed by atoms with E-state index in [0.717, 1.165) is 0 Å². The molecule has 0 radical (unpaired) electrons. The highest BCUT2D eigenvalue weighted by Crippen LogP contribution is 2.22. The molecule has 0 bridgehead atoms. The van der Waals surface area contributed by atoms with E-state index in [2.05, 4.69) is 26.1 Å². The number of nitrogens with one attached hydrogen (secondary N) is 1. The van der Waals surface area contributed by atoms with E-state index < -0.39 is 16.6 Å². The lowest BCUT2D eigenvalue weighted by Crippen LogP contribution is -2.42. The van der Waals surface area contributed by atoms with Gasteiger partial charge in [0, 0.05) is 11.8 Å². The van der Waals surface area contributed by atoms with Gasteiger partial charge in [-0.3, -0.25) is 4.21 Å². The van der Waals surface area contributed by atoms with Gasteiger partial charge in [-0.1, -0.05) is 32.9 Å². The van der Waals surface area contributed by atoms with Gasteiger partial charge < -0.3 is 5.32 Å². The molecule has 17 heavy (non-hydrogen) atoms. The number of hydrogen-bond acceptors (Lipinski definition) is 2. The Labute approximate surface area is 105 Å². The Kier molecular flexibility index (Phi) is 4.83. The maximum absolute atomic E-state index is 13.5. The van der Waals surface area contributed by atoms with Crippen LogP contribution in [-0.4, -0.2) is 23.1 Å².